The number of hydrogen-bond acceptors (Lipinski definition) is 4. The van der Waals surface area contributed by atoms with Crippen LogP contribution in [0.25, 0.3) is 0 Å². The van der Waals surface area contributed by atoms with Crippen LogP contribution in [0.15, 0.2) is 42.6 Å². The number of amides is 1. The maximum atomic E-state index is 13.4. The van der Waals surface area contributed by atoms with E-state index in [2.05, 4.69) is 15.1 Å². The second-order valence-corrected chi connectivity index (χ2v) is 6.75. The van der Waals surface area contributed by atoms with Crippen LogP contribution in [0.5, 0.6) is 0 Å². The van der Waals surface area contributed by atoms with E-state index in [1.54, 1.807) is 18.3 Å². The van der Waals surface area contributed by atoms with Gasteiger partial charge in [0.25, 0.3) is 0 Å². The number of benzene rings is 1. The normalized spacial score (nSPS) is 23.2. The van der Waals surface area contributed by atoms with E-state index in [0.29, 0.717) is 6.54 Å². The zero-order valence-corrected chi connectivity index (χ0v) is 14.0. The Labute approximate surface area is 146 Å². The summed E-state index contributed by atoms with van der Waals surface area (Å²) in [6, 6.07) is 10.5. The monoisotopic (exact) mass is 340 g/mol. The quantitative estimate of drug-likeness (QED) is 0.861. The van der Waals surface area contributed by atoms with Gasteiger partial charge in [0.15, 0.2) is 5.82 Å². The maximum Gasteiger partial charge on any atom is 0.226 e. The van der Waals surface area contributed by atoms with E-state index in [-0.39, 0.29) is 23.6 Å². The molecule has 0 bridgehead atoms. The second kappa shape index (κ2) is 6.78. The lowest BCUT2D eigenvalue weighted by atomic mass is 10.1. The van der Waals surface area contributed by atoms with Gasteiger partial charge in [0.05, 0.1) is 0 Å². The molecule has 0 spiro atoms. The van der Waals surface area contributed by atoms with Gasteiger partial charge < -0.3 is 9.80 Å². The molecule has 1 amide bonds. The minimum absolute atomic E-state index is 0.00451. The van der Waals surface area contributed by atoms with Crippen molar-refractivity contribution in [3.05, 3.63) is 54.0 Å². The van der Waals surface area contributed by atoms with Gasteiger partial charge in [-0.3, -0.25) is 4.79 Å². The Morgan fingerprint density at radius 3 is 2.84 bits per heavy atom. The smallest absolute Gasteiger partial charge is 0.226 e. The minimum atomic E-state index is -0.231. The van der Waals surface area contributed by atoms with Crippen LogP contribution in [0.4, 0.5) is 10.2 Å². The minimum Gasteiger partial charge on any atom is -0.353 e. The lowest BCUT2D eigenvalue weighted by Gasteiger charge is -2.22. The van der Waals surface area contributed by atoms with E-state index >= 15 is 0 Å². The molecular formula is C19H21FN4O. The molecular weight excluding hydrogens is 319 g/mol. The maximum absolute atomic E-state index is 13.4. The third-order valence-electron chi connectivity index (χ3n) is 5.07. The van der Waals surface area contributed by atoms with Crippen molar-refractivity contribution >= 4 is 11.7 Å². The first-order valence-corrected chi connectivity index (χ1v) is 8.79. The summed E-state index contributed by atoms with van der Waals surface area (Å²) in [6.07, 6.45) is 3.41. The SMILES string of the molecule is O=C([C@@H]1C[C@@H]1c1cccc(F)c1)N1CCCN(c2cccnn2)CC1. The second-order valence-electron chi connectivity index (χ2n) is 6.75. The predicted molar refractivity (Wildman–Crippen MR) is 92.7 cm³/mol. The van der Waals surface area contributed by atoms with Gasteiger partial charge in [-0.25, -0.2) is 4.39 Å². The molecule has 25 heavy (non-hydrogen) atoms. The molecule has 1 aliphatic carbocycles. The first-order chi connectivity index (χ1) is 12.2. The van der Waals surface area contributed by atoms with Crippen LogP contribution in [0.3, 0.4) is 0 Å². The molecule has 2 aromatic rings. The molecule has 2 fully saturated rings. The molecule has 1 saturated heterocycles. The van der Waals surface area contributed by atoms with E-state index < -0.39 is 0 Å². The predicted octanol–water partition coefficient (Wildman–Crippen LogP) is 2.46. The Bertz CT molecular complexity index is 754. The molecule has 0 radical (unpaired) electrons. The fraction of sp³-hybridized carbons (Fsp3) is 0.421. The molecule has 2 atom stereocenters. The number of carbonyl (C=O) groups excluding carboxylic acids is 1. The van der Waals surface area contributed by atoms with E-state index in [1.165, 1.54) is 6.07 Å². The van der Waals surface area contributed by atoms with Gasteiger partial charge in [-0.05, 0) is 48.6 Å². The Kier molecular flexibility index (Phi) is 4.34. The zero-order chi connectivity index (χ0) is 17.2. The largest absolute Gasteiger partial charge is 0.353 e. The van der Waals surface area contributed by atoms with E-state index in [9.17, 15) is 9.18 Å². The number of hydrogen-bond donors (Lipinski definition) is 0. The van der Waals surface area contributed by atoms with Crippen molar-refractivity contribution in [1.82, 2.24) is 15.1 Å². The molecule has 4 rings (SSSR count). The number of halogens is 1. The molecule has 0 unspecified atom stereocenters. The van der Waals surface area contributed by atoms with E-state index in [4.69, 9.17) is 0 Å². The first-order valence-electron chi connectivity index (χ1n) is 8.79. The number of aromatic nitrogens is 2. The van der Waals surface area contributed by atoms with Crippen molar-refractivity contribution < 1.29 is 9.18 Å². The van der Waals surface area contributed by atoms with Crippen molar-refractivity contribution in [2.24, 2.45) is 5.92 Å². The molecule has 130 valence electrons. The van der Waals surface area contributed by atoms with Crippen molar-refractivity contribution in [2.45, 2.75) is 18.8 Å². The first kappa shape index (κ1) is 16.0. The van der Waals surface area contributed by atoms with Crippen LogP contribution in [0, 0.1) is 11.7 Å². The van der Waals surface area contributed by atoms with Gasteiger partial charge in [0, 0.05) is 38.3 Å². The molecule has 0 N–H and O–H groups in total. The Morgan fingerprint density at radius 1 is 1.12 bits per heavy atom. The van der Waals surface area contributed by atoms with Gasteiger partial charge in [-0.2, -0.15) is 5.10 Å². The summed E-state index contributed by atoms with van der Waals surface area (Å²) in [7, 11) is 0. The van der Waals surface area contributed by atoms with Gasteiger partial charge >= 0.3 is 0 Å². The highest BCUT2D eigenvalue weighted by Gasteiger charge is 2.45. The highest BCUT2D eigenvalue weighted by atomic mass is 19.1. The van der Waals surface area contributed by atoms with Gasteiger partial charge in [-0.15, -0.1) is 5.10 Å². The summed E-state index contributed by atoms with van der Waals surface area (Å²) in [5, 5.41) is 8.09. The standard InChI is InChI=1S/C19H21FN4O/c20-15-5-1-4-14(12-15)16-13-17(16)19(25)24-9-3-8-23(10-11-24)18-6-2-7-21-22-18/h1-2,4-7,12,16-17H,3,8-11,13H2/t16-,17-/m1/s1. The molecule has 6 heteroatoms. The molecule has 5 nitrogen and oxygen atoms in total. The lowest BCUT2D eigenvalue weighted by molar-refractivity contribution is -0.132. The third-order valence-corrected chi connectivity index (χ3v) is 5.07. The summed E-state index contributed by atoms with van der Waals surface area (Å²) >= 11 is 0. The highest BCUT2D eigenvalue weighted by Crippen LogP contribution is 2.48. The van der Waals surface area contributed by atoms with Gasteiger partial charge in [-0.1, -0.05) is 12.1 Å². The van der Waals surface area contributed by atoms with Crippen molar-refractivity contribution in [2.75, 3.05) is 31.1 Å². The van der Waals surface area contributed by atoms with E-state index in [0.717, 1.165) is 43.9 Å². The molecule has 1 aliphatic heterocycles. The summed E-state index contributed by atoms with van der Waals surface area (Å²) in [5.74, 6) is 1.01. The number of rotatable bonds is 3. The van der Waals surface area contributed by atoms with E-state index in [1.807, 2.05) is 23.1 Å². The van der Waals surface area contributed by atoms with Crippen LogP contribution >= 0.6 is 0 Å². The van der Waals surface area contributed by atoms with Crippen LogP contribution in [0.2, 0.25) is 0 Å². The lowest BCUT2D eigenvalue weighted by Crippen LogP contribution is -2.36. The highest BCUT2D eigenvalue weighted by molar-refractivity contribution is 5.83. The number of anilines is 1. The van der Waals surface area contributed by atoms with Crippen LogP contribution in [0.1, 0.15) is 24.3 Å². The Balaban J connectivity index is 1.37. The fourth-order valence-electron chi connectivity index (χ4n) is 3.64. The Hall–Kier alpha value is -2.50. The van der Waals surface area contributed by atoms with Crippen LogP contribution in [-0.4, -0.2) is 47.2 Å². The summed E-state index contributed by atoms with van der Waals surface area (Å²) in [4.78, 5) is 16.9. The average molecular weight is 340 g/mol. The summed E-state index contributed by atoms with van der Waals surface area (Å²) in [6.45, 7) is 3.10. The third kappa shape index (κ3) is 3.48. The van der Waals surface area contributed by atoms with Crippen molar-refractivity contribution in [1.29, 1.82) is 0 Å². The van der Waals surface area contributed by atoms with Crippen molar-refractivity contribution in [3.63, 3.8) is 0 Å². The number of carbonyl (C=O) groups is 1. The molecule has 2 aliphatic rings. The zero-order valence-electron chi connectivity index (χ0n) is 14.0. The summed E-state index contributed by atoms with van der Waals surface area (Å²) in [5.41, 5.74) is 0.939. The van der Waals surface area contributed by atoms with Crippen LogP contribution in [-0.2, 0) is 4.79 Å². The molecule has 1 saturated carbocycles. The van der Waals surface area contributed by atoms with Crippen molar-refractivity contribution in [3.8, 4) is 0 Å². The molecule has 1 aromatic carbocycles. The Morgan fingerprint density at radius 2 is 2.04 bits per heavy atom. The fourth-order valence-corrected chi connectivity index (χ4v) is 3.64. The number of nitrogens with zero attached hydrogens (tertiary/aromatic N) is 4. The average Bonchev–Trinajstić information content (AvgIpc) is 3.45. The summed E-state index contributed by atoms with van der Waals surface area (Å²) < 4.78 is 13.4. The topological polar surface area (TPSA) is 49.3 Å². The molecule has 1 aromatic heterocycles. The van der Waals surface area contributed by atoms with Gasteiger partial charge in [0.1, 0.15) is 5.82 Å². The van der Waals surface area contributed by atoms with Gasteiger partial charge in [0.2, 0.25) is 5.91 Å². The van der Waals surface area contributed by atoms with Crippen LogP contribution < -0.4 is 4.90 Å². The molecule has 2 heterocycles.